The number of pyridine rings is 2. The Hall–Kier alpha value is -4.08. The molecule has 3 atom stereocenters. The highest BCUT2D eigenvalue weighted by Crippen LogP contribution is 2.42. The Bertz CT molecular complexity index is 1960. The fraction of sp³-hybridized carbons (Fsp3) is 0.421. The van der Waals surface area contributed by atoms with Crippen LogP contribution < -0.4 is 19.5 Å². The van der Waals surface area contributed by atoms with Gasteiger partial charge in [0.25, 0.3) is 0 Å². The number of hydrogen-bond acceptors (Lipinski definition) is 10. The monoisotopic (exact) mass is 802 g/mol. The number of carboxylic acid groups (broad SMARTS) is 1. The van der Waals surface area contributed by atoms with Gasteiger partial charge in [-0.1, -0.05) is 35.3 Å². The van der Waals surface area contributed by atoms with E-state index in [-0.39, 0.29) is 45.5 Å². The van der Waals surface area contributed by atoms with Gasteiger partial charge in [0.05, 0.1) is 6.61 Å². The van der Waals surface area contributed by atoms with Crippen LogP contribution in [-0.4, -0.2) is 65.9 Å². The minimum Gasteiger partial charge on any atom is -0.619 e. The summed E-state index contributed by atoms with van der Waals surface area (Å²) in [5.41, 5.74) is 1.89. The van der Waals surface area contributed by atoms with Crippen molar-refractivity contribution < 1.29 is 42.4 Å². The average molecular weight is 804 g/mol. The van der Waals surface area contributed by atoms with Gasteiger partial charge in [-0.2, -0.15) is 13.5 Å². The lowest BCUT2D eigenvalue weighted by Crippen LogP contribution is -2.52. The van der Waals surface area contributed by atoms with E-state index in [1.54, 1.807) is 42.7 Å². The van der Waals surface area contributed by atoms with Gasteiger partial charge < -0.3 is 24.5 Å². The largest absolute Gasteiger partial charge is 0.619 e. The van der Waals surface area contributed by atoms with Crippen molar-refractivity contribution in [3.63, 3.8) is 0 Å². The number of ether oxygens (including phenoxy) is 3. The van der Waals surface area contributed by atoms with Crippen molar-refractivity contribution in [2.24, 2.45) is 11.8 Å². The summed E-state index contributed by atoms with van der Waals surface area (Å²) < 4.78 is 44.1. The first-order chi connectivity index (χ1) is 26.0. The van der Waals surface area contributed by atoms with Crippen LogP contribution in [0, 0.1) is 17.0 Å². The molecule has 4 aliphatic rings. The highest BCUT2D eigenvalue weighted by molar-refractivity contribution is 7.14. The number of fused-ring (bicyclic) bond motifs is 3. The summed E-state index contributed by atoms with van der Waals surface area (Å²) in [7, 11) is 0. The quantitative estimate of drug-likeness (QED) is 0.0692. The summed E-state index contributed by atoms with van der Waals surface area (Å²) in [4.78, 5) is 33.7. The maximum absolute atomic E-state index is 13.8. The van der Waals surface area contributed by atoms with Crippen molar-refractivity contribution in [2.75, 3.05) is 26.2 Å². The lowest BCUT2D eigenvalue weighted by atomic mass is 9.85. The molecule has 2 N–H and O–H groups in total. The molecule has 3 saturated heterocycles. The molecule has 2 bridgehead atoms. The fourth-order valence-electron chi connectivity index (χ4n) is 7.20. The number of nitrogens with zero attached hydrogens (tertiary/aromatic N) is 3. The first kappa shape index (κ1) is 38.2. The van der Waals surface area contributed by atoms with Crippen molar-refractivity contribution in [1.29, 1.82) is 0 Å². The number of aromatic nitrogens is 2. The number of alkyl halides is 2. The fourth-order valence-corrected chi connectivity index (χ4v) is 8.81. The van der Waals surface area contributed by atoms with Gasteiger partial charge in [0, 0.05) is 41.8 Å². The molecule has 0 radical (unpaired) electrons. The Labute approximate surface area is 324 Å². The Balaban J connectivity index is 1.22. The van der Waals surface area contributed by atoms with Gasteiger partial charge in [0.2, 0.25) is 0 Å². The van der Waals surface area contributed by atoms with E-state index in [0.717, 1.165) is 62.5 Å². The molecule has 1 unspecified atom stereocenters. The molecule has 1 saturated carbocycles. The molecule has 3 aromatic heterocycles. The van der Waals surface area contributed by atoms with Crippen LogP contribution in [0.25, 0.3) is 0 Å². The van der Waals surface area contributed by atoms with Gasteiger partial charge in [-0.3, -0.25) is 15.2 Å². The van der Waals surface area contributed by atoms with Crippen LogP contribution in [0.1, 0.15) is 74.4 Å². The van der Waals surface area contributed by atoms with Gasteiger partial charge in [-0.15, -0.1) is 11.3 Å². The van der Waals surface area contributed by atoms with E-state index in [1.807, 2.05) is 0 Å². The number of carbonyl (C=O) groups is 2. The maximum atomic E-state index is 13.8. The molecule has 8 rings (SSSR count). The van der Waals surface area contributed by atoms with Crippen LogP contribution in [0.4, 0.5) is 8.78 Å². The Kier molecular flexibility index (Phi) is 11.8. The van der Waals surface area contributed by atoms with Gasteiger partial charge in [0.1, 0.15) is 27.1 Å². The van der Waals surface area contributed by atoms with Crippen molar-refractivity contribution in [3.8, 4) is 11.5 Å². The lowest BCUT2D eigenvalue weighted by molar-refractivity contribution is -0.605. The number of halogens is 4. The molecule has 0 amide bonds. The van der Waals surface area contributed by atoms with Gasteiger partial charge in [-0.25, -0.2) is 9.59 Å². The zero-order chi connectivity index (χ0) is 37.9. The number of hydrogen-bond donors (Lipinski definition) is 2. The minimum atomic E-state index is -3.09. The van der Waals surface area contributed by atoms with Gasteiger partial charge >= 0.3 is 18.6 Å². The van der Waals surface area contributed by atoms with Crippen molar-refractivity contribution >= 4 is 46.5 Å². The second-order valence-corrected chi connectivity index (χ2v) is 15.9. The predicted octanol–water partition coefficient (Wildman–Crippen LogP) is 7.01. The standard InChI is InChI=1S/C38H38Cl2F2N4O7S/c39-29-17-46(50)18-30(40)28(29)14-26(23-5-6-31(53-38(41)42)32(12-23)51-20-21-3-4-21)27-13-25(54-35(27)36(47)48)16-44-34(24-2-1-9-43-15-24)37(49)52-33-19-45-10-7-22(33)8-11-45/h1-2,5-6,9,12-13,15,17-18,21-22,26,33-34,38,44H,3-4,7-8,10-11,14,16,19-20H2,(H,47,48)/t26-,33-,34?/m0/s1. The van der Waals surface area contributed by atoms with E-state index in [2.05, 4.69) is 15.2 Å². The molecule has 3 aliphatic heterocycles. The van der Waals surface area contributed by atoms with E-state index in [1.165, 1.54) is 6.07 Å². The highest BCUT2D eigenvalue weighted by atomic mass is 35.5. The predicted molar refractivity (Wildman–Crippen MR) is 196 cm³/mol. The smallest absolute Gasteiger partial charge is 0.387 e. The molecule has 54 heavy (non-hydrogen) atoms. The van der Waals surface area contributed by atoms with Crippen LogP contribution in [0.2, 0.25) is 10.0 Å². The molecule has 11 nitrogen and oxygen atoms in total. The molecular weight excluding hydrogens is 765 g/mol. The molecule has 6 heterocycles. The number of thiophene rings is 1. The Morgan fingerprint density at radius 1 is 1.07 bits per heavy atom. The molecule has 1 aliphatic carbocycles. The molecule has 0 spiro atoms. The van der Waals surface area contributed by atoms with E-state index >= 15 is 0 Å². The third kappa shape index (κ3) is 9.06. The Morgan fingerprint density at radius 3 is 2.46 bits per heavy atom. The topological polar surface area (TPSA) is 137 Å². The molecule has 16 heteroatoms. The normalized spacial score (nSPS) is 20.4. The summed E-state index contributed by atoms with van der Waals surface area (Å²) in [6.07, 6.45) is 9.23. The van der Waals surface area contributed by atoms with Crippen molar-refractivity contribution in [3.05, 3.63) is 108 Å². The third-order valence-electron chi connectivity index (χ3n) is 10.2. The van der Waals surface area contributed by atoms with Crippen LogP contribution in [0.3, 0.4) is 0 Å². The zero-order valence-electron chi connectivity index (χ0n) is 29.0. The number of carbonyl (C=O) groups excluding carboxylic acids is 1. The zero-order valence-corrected chi connectivity index (χ0v) is 31.3. The lowest BCUT2D eigenvalue weighted by Gasteiger charge is -2.44. The number of nitrogens with one attached hydrogen (secondary N) is 1. The van der Waals surface area contributed by atoms with E-state index in [9.17, 15) is 28.7 Å². The second kappa shape index (κ2) is 16.7. The third-order valence-corrected chi connectivity index (χ3v) is 12.0. The molecule has 1 aromatic carbocycles. The summed E-state index contributed by atoms with van der Waals surface area (Å²) >= 11 is 14.1. The average Bonchev–Trinajstić information content (AvgIpc) is 3.88. The van der Waals surface area contributed by atoms with Crippen LogP contribution in [0.15, 0.2) is 61.2 Å². The SMILES string of the molecule is O=C(O)c1sc(CNC(C(=O)O[C@H]2CN3CCC2CC3)c2cccnc2)cc1[C@@H](Cc1c(Cl)c[n+]([O-])cc1Cl)c1ccc(OC(F)F)c(OCC2CC2)c1. The number of aromatic carboxylic acids is 1. The number of piperidine rings is 3. The molecule has 286 valence electrons. The molecule has 4 aromatic rings. The van der Waals surface area contributed by atoms with E-state index in [4.69, 9.17) is 37.4 Å². The minimum absolute atomic E-state index is 0.0139. The second-order valence-electron chi connectivity index (χ2n) is 13.9. The summed E-state index contributed by atoms with van der Waals surface area (Å²) in [5, 5.41) is 26.0. The van der Waals surface area contributed by atoms with Crippen LogP contribution >= 0.6 is 34.5 Å². The maximum Gasteiger partial charge on any atom is 0.387 e. The number of carboxylic acids is 1. The van der Waals surface area contributed by atoms with Gasteiger partial charge in [-0.05, 0) is 98.0 Å². The van der Waals surface area contributed by atoms with E-state index < -0.39 is 30.5 Å². The van der Waals surface area contributed by atoms with Crippen LogP contribution in [0.5, 0.6) is 11.5 Å². The summed E-state index contributed by atoms with van der Waals surface area (Å²) in [6.45, 7) is 0.0144. The number of esters is 1. The first-order valence-corrected chi connectivity index (χ1v) is 19.3. The van der Waals surface area contributed by atoms with E-state index in [0.29, 0.717) is 56.8 Å². The molecule has 4 fully saturated rings. The Morgan fingerprint density at radius 2 is 1.83 bits per heavy atom. The first-order valence-electron chi connectivity index (χ1n) is 17.7. The number of benzene rings is 1. The summed E-state index contributed by atoms with van der Waals surface area (Å²) in [6, 6.07) is 8.87. The van der Waals surface area contributed by atoms with Gasteiger partial charge in [0.15, 0.2) is 23.9 Å². The van der Waals surface area contributed by atoms with Crippen molar-refractivity contribution in [1.82, 2.24) is 15.2 Å². The number of rotatable bonds is 16. The molecular formula is C38H38Cl2F2N4O7S. The van der Waals surface area contributed by atoms with Crippen LogP contribution in [-0.2, 0) is 22.5 Å². The van der Waals surface area contributed by atoms with Crippen molar-refractivity contribution in [2.45, 2.75) is 63.3 Å². The summed E-state index contributed by atoms with van der Waals surface area (Å²) in [5.74, 6) is -1.84. The highest BCUT2D eigenvalue weighted by Gasteiger charge is 2.38.